The van der Waals surface area contributed by atoms with E-state index in [1.54, 1.807) is 11.0 Å². The van der Waals surface area contributed by atoms with E-state index in [0.29, 0.717) is 24.4 Å². The Morgan fingerprint density at radius 1 is 1.33 bits per heavy atom. The number of rotatable bonds is 6. The molecule has 0 saturated heterocycles. The van der Waals surface area contributed by atoms with Crippen LogP contribution in [0.3, 0.4) is 0 Å². The first kappa shape index (κ1) is 16.5. The fourth-order valence-corrected chi connectivity index (χ4v) is 3.30. The molecule has 0 aromatic heterocycles. The number of amides is 3. The van der Waals surface area contributed by atoms with Gasteiger partial charge in [-0.3, -0.25) is 14.4 Å². The topological polar surface area (TPSA) is 92.5 Å². The Kier molecular flexibility index (Phi) is 4.55. The minimum absolute atomic E-state index is 0.0983. The van der Waals surface area contributed by atoms with E-state index in [4.69, 9.17) is 5.73 Å². The van der Waals surface area contributed by atoms with Crippen molar-refractivity contribution in [2.75, 3.05) is 11.4 Å². The molecule has 0 bridgehead atoms. The van der Waals surface area contributed by atoms with Crippen LogP contribution in [0.4, 0.5) is 5.69 Å². The number of carbonyl (C=O) groups excluding carboxylic acids is 3. The monoisotopic (exact) mass is 329 g/mol. The maximum absolute atomic E-state index is 12.5. The Morgan fingerprint density at radius 2 is 2.08 bits per heavy atom. The van der Waals surface area contributed by atoms with Crippen molar-refractivity contribution in [3.63, 3.8) is 0 Å². The molecule has 1 atom stereocenters. The van der Waals surface area contributed by atoms with Crippen LogP contribution < -0.4 is 16.0 Å². The zero-order valence-electron chi connectivity index (χ0n) is 13.9. The number of hydrogen-bond acceptors (Lipinski definition) is 3. The summed E-state index contributed by atoms with van der Waals surface area (Å²) < 4.78 is 0. The summed E-state index contributed by atoms with van der Waals surface area (Å²) in [5.74, 6) is -0.124. The first-order valence-electron chi connectivity index (χ1n) is 8.52. The molecule has 3 amide bonds. The van der Waals surface area contributed by atoms with Gasteiger partial charge in [-0.25, -0.2) is 0 Å². The summed E-state index contributed by atoms with van der Waals surface area (Å²) in [5.41, 5.74) is 7.75. The van der Waals surface area contributed by atoms with Crippen LogP contribution in [0.15, 0.2) is 18.2 Å². The summed E-state index contributed by atoms with van der Waals surface area (Å²) in [4.78, 5) is 37.4. The number of nitrogens with two attached hydrogens (primary N) is 1. The third-order valence-corrected chi connectivity index (χ3v) is 4.77. The van der Waals surface area contributed by atoms with Crippen molar-refractivity contribution in [1.29, 1.82) is 0 Å². The molecular formula is C18H23N3O3. The van der Waals surface area contributed by atoms with E-state index in [0.717, 1.165) is 30.5 Å². The second kappa shape index (κ2) is 6.63. The van der Waals surface area contributed by atoms with Crippen LogP contribution in [0.1, 0.15) is 48.5 Å². The Hall–Kier alpha value is -2.37. The van der Waals surface area contributed by atoms with Gasteiger partial charge in [-0.1, -0.05) is 6.92 Å². The van der Waals surface area contributed by atoms with Crippen molar-refractivity contribution >= 4 is 23.4 Å². The molecule has 0 spiro atoms. The lowest BCUT2D eigenvalue weighted by Gasteiger charge is -2.18. The molecule has 1 saturated carbocycles. The molecule has 6 nitrogen and oxygen atoms in total. The van der Waals surface area contributed by atoms with Crippen molar-refractivity contribution in [1.82, 2.24) is 5.32 Å². The van der Waals surface area contributed by atoms with E-state index in [2.05, 4.69) is 5.32 Å². The number of primary amides is 1. The zero-order chi connectivity index (χ0) is 17.3. The van der Waals surface area contributed by atoms with Crippen molar-refractivity contribution in [3.05, 3.63) is 29.3 Å². The average molecular weight is 329 g/mol. The van der Waals surface area contributed by atoms with E-state index < -0.39 is 5.91 Å². The minimum Gasteiger partial charge on any atom is -0.370 e. The summed E-state index contributed by atoms with van der Waals surface area (Å²) in [7, 11) is 0. The molecule has 0 radical (unpaired) electrons. The third kappa shape index (κ3) is 3.42. The lowest BCUT2D eigenvalue weighted by atomic mass is 10.1. The smallest absolute Gasteiger partial charge is 0.251 e. The van der Waals surface area contributed by atoms with Gasteiger partial charge in [-0.05, 0) is 48.9 Å². The van der Waals surface area contributed by atoms with E-state index in [-0.39, 0.29) is 24.3 Å². The molecule has 1 aliphatic heterocycles. The fourth-order valence-electron chi connectivity index (χ4n) is 3.30. The van der Waals surface area contributed by atoms with Crippen LogP contribution in [0.5, 0.6) is 0 Å². The predicted molar refractivity (Wildman–Crippen MR) is 90.6 cm³/mol. The Balaban J connectivity index is 1.72. The van der Waals surface area contributed by atoms with Gasteiger partial charge in [0.05, 0.1) is 0 Å². The molecule has 24 heavy (non-hydrogen) atoms. The first-order valence-corrected chi connectivity index (χ1v) is 8.52. The summed E-state index contributed by atoms with van der Waals surface area (Å²) in [6.45, 7) is 2.51. The summed E-state index contributed by atoms with van der Waals surface area (Å²) >= 11 is 0. The van der Waals surface area contributed by atoms with Gasteiger partial charge in [-0.2, -0.15) is 0 Å². The number of anilines is 1. The molecule has 2 aliphatic rings. The SMILES string of the molecule is CCC(=O)N1CCc2cc(C(=O)N[C@@H](CC(N)=O)C3CC3)ccc21. The molecule has 1 aromatic rings. The highest BCUT2D eigenvalue weighted by Crippen LogP contribution is 2.34. The highest BCUT2D eigenvalue weighted by Gasteiger charge is 2.33. The second-order valence-electron chi connectivity index (χ2n) is 6.58. The number of carbonyl (C=O) groups is 3. The van der Waals surface area contributed by atoms with Crippen molar-refractivity contribution in [2.45, 2.75) is 45.1 Å². The molecule has 1 fully saturated rings. The highest BCUT2D eigenvalue weighted by atomic mass is 16.2. The van der Waals surface area contributed by atoms with E-state index in [1.165, 1.54) is 0 Å². The molecule has 6 heteroatoms. The van der Waals surface area contributed by atoms with Gasteiger partial charge >= 0.3 is 0 Å². The van der Waals surface area contributed by atoms with Crippen molar-refractivity contribution in [3.8, 4) is 0 Å². The fraction of sp³-hybridized carbons (Fsp3) is 0.500. The predicted octanol–water partition coefficient (Wildman–Crippen LogP) is 1.37. The van der Waals surface area contributed by atoms with Gasteiger partial charge in [0.25, 0.3) is 5.91 Å². The Labute approximate surface area is 141 Å². The van der Waals surface area contributed by atoms with Crippen LogP contribution in [-0.4, -0.2) is 30.3 Å². The maximum atomic E-state index is 12.5. The van der Waals surface area contributed by atoms with Crippen LogP contribution in [0.2, 0.25) is 0 Å². The molecule has 1 heterocycles. The molecule has 1 aliphatic carbocycles. The second-order valence-corrected chi connectivity index (χ2v) is 6.58. The number of hydrogen-bond donors (Lipinski definition) is 2. The van der Waals surface area contributed by atoms with Crippen LogP contribution in [0.25, 0.3) is 0 Å². The molecule has 3 rings (SSSR count). The van der Waals surface area contributed by atoms with E-state index in [1.807, 2.05) is 19.1 Å². The number of fused-ring (bicyclic) bond motifs is 1. The minimum atomic E-state index is -0.394. The van der Waals surface area contributed by atoms with E-state index in [9.17, 15) is 14.4 Å². The zero-order valence-corrected chi connectivity index (χ0v) is 13.9. The highest BCUT2D eigenvalue weighted by molar-refractivity contribution is 5.98. The molecular weight excluding hydrogens is 306 g/mol. The van der Waals surface area contributed by atoms with Crippen molar-refractivity contribution < 1.29 is 14.4 Å². The molecule has 0 unspecified atom stereocenters. The van der Waals surface area contributed by atoms with Gasteiger partial charge in [0, 0.05) is 36.7 Å². The molecule has 128 valence electrons. The Bertz CT molecular complexity index is 682. The quantitative estimate of drug-likeness (QED) is 0.825. The van der Waals surface area contributed by atoms with Gasteiger partial charge < -0.3 is 16.0 Å². The van der Waals surface area contributed by atoms with Crippen LogP contribution in [0, 0.1) is 5.92 Å². The van der Waals surface area contributed by atoms with Crippen LogP contribution in [-0.2, 0) is 16.0 Å². The normalized spacial score (nSPS) is 17.3. The Morgan fingerprint density at radius 3 is 2.71 bits per heavy atom. The molecule has 3 N–H and O–H groups in total. The summed E-state index contributed by atoms with van der Waals surface area (Å²) in [6.07, 6.45) is 3.46. The average Bonchev–Trinajstić information content (AvgIpc) is 3.32. The summed E-state index contributed by atoms with van der Waals surface area (Å²) in [5, 5.41) is 2.94. The standard InChI is InChI=1S/C18H23N3O3/c1-2-17(23)21-8-7-12-9-13(5-6-15(12)21)18(24)20-14(10-16(19)22)11-3-4-11/h5-6,9,11,14H,2-4,7-8,10H2,1H3,(H2,19,22)(H,20,24)/t14-/m0/s1. The molecule has 1 aromatic carbocycles. The third-order valence-electron chi connectivity index (χ3n) is 4.77. The van der Waals surface area contributed by atoms with Gasteiger partial charge in [0.2, 0.25) is 11.8 Å². The number of nitrogens with one attached hydrogen (secondary N) is 1. The largest absolute Gasteiger partial charge is 0.370 e. The lowest BCUT2D eigenvalue weighted by molar-refractivity contribution is -0.119. The number of benzene rings is 1. The van der Waals surface area contributed by atoms with Gasteiger partial charge in [0.15, 0.2) is 0 Å². The number of nitrogens with zero attached hydrogens (tertiary/aromatic N) is 1. The maximum Gasteiger partial charge on any atom is 0.251 e. The van der Waals surface area contributed by atoms with E-state index >= 15 is 0 Å². The van der Waals surface area contributed by atoms with Gasteiger partial charge in [0.1, 0.15) is 0 Å². The first-order chi connectivity index (χ1) is 11.5. The van der Waals surface area contributed by atoms with Crippen molar-refractivity contribution in [2.24, 2.45) is 11.7 Å². The van der Waals surface area contributed by atoms with Gasteiger partial charge in [-0.15, -0.1) is 0 Å². The summed E-state index contributed by atoms with van der Waals surface area (Å²) in [6, 6.07) is 5.25. The lowest BCUT2D eigenvalue weighted by Crippen LogP contribution is -2.39. The van der Waals surface area contributed by atoms with Crippen LogP contribution >= 0.6 is 0 Å².